The molecule has 0 aliphatic rings. The minimum atomic E-state index is -0.482. The summed E-state index contributed by atoms with van der Waals surface area (Å²) >= 11 is 5.92. The van der Waals surface area contributed by atoms with E-state index in [0.717, 1.165) is 22.4 Å². The van der Waals surface area contributed by atoms with Gasteiger partial charge < -0.3 is 14.6 Å². The lowest BCUT2D eigenvalue weighted by Gasteiger charge is -2.22. The van der Waals surface area contributed by atoms with Crippen LogP contribution in [-0.4, -0.2) is 16.7 Å². The van der Waals surface area contributed by atoms with Crippen LogP contribution in [0.5, 0.6) is 5.75 Å². The van der Waals surface area contributed by atoms with Gasteiger partial charge in [-0.3, -0.25) is 4.79 Å². The Balaban J connectivity index is 2.05. The van der Waals surface area contributed by atoms with Gasteiger partial charge in [-0.25, -0.2) is 4.39 Å². The Morgan fingerprint density at radius 1 is 1.20 bits per heavy atom. The second-order valence-corrected chi connectivity index (χ2v) is 8.63. The van der Waals surface area contributed by atoms with Crippen LogP contribution in [0.15, 0.2) is 47.4 Å². The van der Waals surface area contributed by atoms with E-state index in [4.69, 9.17) is 16.3 Å². The highest BCUT2D eigenvalue weighted by molar-refractivity contribution is 6.30. The zero-order valence-corrected chi connectivity index (χ0v) is 18.5. The van der Waals surface area contributed by atoms with Crippen molar-refractivity contribution in [1.82, 2.24) is 9.55 Å². The zero-order valence-electron chi connectivity index (χ0n) is 17.7. The van der Waals surface area contributed by atoms with Crippen LogP contribution in [0, 0.1) is 12.7 Å². The lowest BCUT2D eigenvalue weighted by Crippen LogP contribution is -2.19. The van der Waals surface area contributed by atoms with Gasteiger partial charge in [-0.2, -0.15) is 4.98 Å². The number of anilines is 2. The molecule has 0 saturated heterocycles. The number of aryl methyl sites for hydroxylation is 1. The summed E-state index contributed by atoms with van der Waals surface area (Å²) in [5.74, 6) is -0.00618. The van der Waals surface area contributed by atoms with E-state index >= 15 is 0 Å². The highest BCUT2D eigenvalue weighted by Crippen LogP contribution is 2.29. The van der Waals surface area contributed by atoms with Gasteiger partial charge in [-0.15, -0.1) is 0 Å². The van der Waals surface area contributed by atoms with Crippen LogP contribution >= 0.6 is 11.6 Å². The number of hydrogen-bond acceptors (Lipinski definition) is 4. The van der Waals surface area contributed by atoms with Gasteiger partial charge in [0.1, 0.15) is 5.82 Å². The molecule has 0 fully saturated rings. The molecule has 1 aromatic heterocycles. The molecule has 1 N–H and O–H groups in total. The summed E-state index contributed by atoms with van der Waals surface area (Å²) in [6, 6.07) is 10.7. The maximum absolute atomic E-state index is 13.5. The molecule has 2 aromatic carbocycles. The van der Waals surface area contributed by atoms with Crippen LogP contribution in [-0.2, 0) is 12.0 Å². The highest BCUT2D eigenvalue weighted by atomic mass is 35.5. The van der Waals surface area contributed by atoms with Gasteiger partial charge in [-0.05, 0) is 47.2 Å². The topological polar surface area (TPSA) is 56.1 Å². The largest absolute Gasteiger partial charge is 0.490 e. The molecule has 0 atom stereocenters. The normalized spacial score (nSPS) is 11.4. The van der Waals surface area contributed by atoms with Crippen molar-refractivity contribution in [2.45, 2.75) is 39.7 Å². The Morgan fingerprint density at radius 3 is 2.57 bits per heavy atom. The van der Waals surface area contributed by atoms with E-state index in [1.54, 1.807) is 22.9 Å². The second kappa shape index (κ2) is 8.48. The van der Waals surface area contributed by atoms with Crippen molar-refractivity contribution in [3.8, 4) is 5.75 Å². The molecule has 3 aromatic rings. The quantitative estimate of drug-likeness (QED) is 0.586. The smallest absolute Gasteiger partial charge is 0.316 e. The maximum Gasteiger partial charge on any atom is 0.316 e. The third-order valence-electron chi connectivity index (χ3n) is 4.87. The molecule has 158 valence electrons. The Hall–Kier alpha value is -2.86. The van der Waals surface area contributed by atoms with E-state index < -0.39 is 11.4 Å². The third-order valence-corrected chi connectivity index (χ3v) is 5.16. The average molecular weight is 430 g/mol. The van der Waals surface area contributed by atoms with Crippen molar-refractivity contribution in [1.29, 1.82) is 0 Å². The first-order valence-corrected chi connectivity index (χ1v) is 9.94. The minimum absolute atomic E-state index is 0.0258. The number of halogens is 2. The van der Waals surface area contributed by atoms with Crippen molar-refractivity contribution in [2.24, 2.45) is 0 Å². The molecule has 1 heterocycles. The number of methoxy groups -OCH3 is 1. The number of ether oxygens (including phenoxy) is 1. The molecule has 0 radical (unpaired) electrons. The van der Waals surface area contributed by atoms with Crippen LogP contribution in [0.2, 0.25) is 5.02 Å². The molecule has 0 saturated carbocycles. The van der Waals surface area contributed by atoms with Gasteiger partial charge >= 0.3 is 5.56 Å². The number of aromatic nitrogens is 2. The number of hydrogen-bond donors (Lipinski definition) is 1. The molecule has 0 bridgehead atoms. The number of benzene rings is 2. The fourth-order valence-corrected chi connectivity index (χ4v) is 3.22. The summed E-state index contributed by atoms with van der Waals surface area (Å²) in [5, 5.41) is 3.32. The van der Waals surface area contributed by atoms with Crippen LogP contribution in [0.1, 0.15) is 37.5 Å². The molecule has 0 aliphatic carbocycles. The summed E-state index contributed by atoms with van der Waals surface area (Å²) in [7, 11) is 1.42. The fourth-order valence-electron chi connectivity index (χ4n) is 3.01. The zero-order chi connectivity index (χ0) is 22.1. The van der Waals surface area contributed by atoms with Crippen LogP contribution in [0.25, 0.3) is 0 Å². The summed E-state index contributed by atoms with van der Waals surface area (Å²) in [6.07, 6.45) is 1.58. The summed E-state index contributed by atoms with van der Waals surface area (Å²) < 4.78 is 20.4. The third kappa shape index (κ3) is 4.82. The average Bonchev–Trinajstić information content (AvgIpc) is 2.67. The van der Waals surface area contributed by atoms with Crippen molar-refractivity contribution >= 4 is 23.2 Å². The van der Waals surface area contributed by atoms with E-state index in [9.17, 15) is 9.18 Å². The molecule has 0 spiro atoms. The van der Waals surface area contributed by atoms with Crippen molar-refractivity contribution in [2.75, 3.05) is 12.4 Å². The van der Waals surface area contributed by atoms with Gasteiger partial charge in [0.15, 0.2) is 0 Å². The Morgan fingerprint density at radius 2 is 1.93 bits per heavy atom. The van der Waals surface area contributed by atoms with Crippen molar-refractivity contribution < 1.29 is 9.13 Å². The van der Waals surface area contributed by atoms with Gasteiger partial charge in [0.2, 0.25) is 11.7 Å². The minimum Gasteiger partial charge on any atom is -0.490 e. The number of nitrogens with zero attached hydrogens (tertiary/aromatic N) is 2. The van der Waals surface area contributed by atoms with E-state index in [2.05, 4.69) is 43.2 Å². The van der Waals surface area contributed by atoms with Crippen molar-refractivity contribution in [3.05, 3.63) is 80.5 Å². The van der Waals surface area contributed by atoms with Crippen molar-refractivity contribution in [3.63, 3.8) is 0 Å². The first kappa shape index (κ1) is 21.8. The maximum atomic E-state index is 13.5. The monoisotopic (exact) mass is 429 g/mol. The first-order valence-electron chi connectivity index (χ1n) is 9.56. The molecule has 7 heteroatoms. The van der Waals surface area contributed by atoms with E-state index in [-0.39, 0.29) is 16.2 Å². The molecule has 5 nitrogen and oxygen atoms in total. The predicted octanol–water partition coefficient (Wildman–Crippen LogP) is 5.44. The molecular weight excluding hydrogens is 405 g/mol. The fraction of sp³-hybridized carbons (Fsp3) is 0.304. The first-order chi connectivity index (χ1) is 14.1. The summed E-state index contributed by atoms with van der Waals surface area (Å²) in [4.78, 5) is 16.5. The van der Waals surface area contributed by atoms with Gasteiger partial charge in [0.25, 0.3) is 0 Å². The molecule has 0 aliphatic heterocycles. The number of nitrogens with one attached hydrogen (secondary N) is 1. The summed E-state index contributed by atoms with van der Waals surface area (Å²) in [5.41, 5.74) is 3.29. The molecule has 0 unspecified atom stereocenters. The predicted molar refractivity (Wildman–Crippen MR) is 119 cm³/mol. The van der Waals surface area contributed by atoms with Gasteiger partial charge in [0.05, 0.1) is 24.9 Å². The van der Waals surface area contributed by atoms with E-state index in [0.29, 0.717) is 12.5 Å². The molecular formula is C23H25ClFN3O2. The van der Waals surface area contributed by atoms with Crippen LogP contribution in [0.4, 0.5) is 16.0 Å². The standard InChI is InChI=1S/C23H25ClFN3O2/c1-14-6-8-16(23(2,3)4)11-19(14)26-22-27-21(29)20(30-5)13-28(22)12-15-7-9-18(25)17(24)10-15/h6-11,13H,12H2,1-5H3,(H,26,27,29). The lowest BCUT2D eigenvalue weighted by atomic mass is 9.86. The lowest BCUT2D eigenvalue weighted by molar-refractivity contribution is 0.402. The Bertz CT molecular complexity index is 1140. The van der Waals surface area contributed by atoms with Gasteiger partial charge in [-0.1, -0.05) is 50.6 Å². The van der Waals surface area contributed by atoms with Gasteiger partial charge in [0, 0.05) is 5.69 Å². The highest BCUT2D eigenvalue weighted by Gasteiger charge is 2.16. The second-order valence-electron chi connectivity index (χ2n) is 8.22. The molecule has 3 rings (SSSR count). The Labute approximate surface area is 180 Å². The molecule has 0 amide bonds. The molecule has 30 heavy (non-hydrogen) atoms. The summed E-state index contributed by atoms with van der Waals surface area (Å²) in [6.45, 7) is 8.73. The van der Waals surface area contributed by atoms with Crippen LogP contribution in [0.3, 0.4) is 0 Å². The van der Waals surface area contributed by atoms with Crippen LogP contribution < -0.4 is 15.6 Å². The Kier molecular flexibility index (Phi) is 6.17. The number of rotatable bonds is 5. The van der Waals surface area contributed by atoms with E-state index in [1.807, 2.05) is 13.0 Å². The van der Waals surface area contributed by atoms with E-state index in [1.165, 1.54) is 13.2 Å². The SMILES string of the molecule is COc1cn(Cc2ccc(F)c(Cl)c2)c(Nc2cc(C(C)(C)C)ccc2C)nc1=O.